The van der Waals surface area contributed by atoms with Crippen LogP contribution in [0.2, 0.25) is 0 Å². The highest BCUT2D eigenvalue weighted by Crippen LogP contribution is 2.16. The Morgan fingerprint density at radius 2 is 1.94 bits per heavy atom. The molecular weight excluding hydrogens is 202 g/mol. The van der Waals surface area contributed by atoms with Crippen LogP contribution < -0.4 is 0 Å². The van der Waals surface area contributed by atoms with Gasteiger partial charge in [0.1, 0.15) is 5.92 Å². The van der Waals surface area contributed by atoms with Crippen molar-refractivity contribution in [1.29, 1.82) is 5.26 Å². The molecule has 16 heavy (non-hydrogen) atoms. The summed E-state index contributed by atoms with van der Waals surface area (Å²) in [5.74, 6) is -1.55. The van der Waals surface area contributed by atoms with E-state index in [9.17, 15) is 4.79 Å². The first-order valence-electron chi connectivity index (χ1n) is 5.26. The van der Waals surface area contributed by atoms with Crippen molar-refractivity contribution in [2.45, 2.75) is 26.2 Å². The van der Waals surface area contributed by atoms with Crippen molar-refractivity contribution in [1.82, 2.24) is 0 Å². The van der Waals surface area contributed by atoms with Gasteiger partial charge in [-0.2, -0.15) is 5.26 Å². The minimum atomic E-state index is -1.06. The Morgan fingerprint density at radius 1 is 1.38 bits per heavy atom. The molecule has 0 aliphatic carbocycles. The first kappa shape index (κ1) is 12.3. The van der Waals surface area contributed by atoms with Gasteiger partial charge in [-0.1, -0.05) is 38.1 Å². The number of nitriles is 1. The van der Waals surface area contributed by atoms with E-state index in [4.69, 9.17) is 10.4 Å². The third-order valence-corrected chi connectivity index (χ3v) is 2.54. The predicted octanol–water partition coefficient (Wildman–Crippen LogP) is 2.58. The van der Waals surface area contributed by atoms with E-state index in [1.165, 1.54) is 5.56 Å². The van der Waals surface area contributed by atoms with Crippen LogP contribution in [0.5, 0.6) is 0 Å². The zero-order valence-corrected chi connectivity index (χ0v) is 9.47. The van der Waals surface area contributed by atoms with E-state index in [0.717, 1.165) is 5.56 Å². The molecule has 0 aromatic heterocycles. The second-order valence-corrected chi connectivity index (χ2v) is 4.12. The van der Waals surface area contributed by atoms with Gasteiger partial charge >= 0.3 is 5.97 Å². The number of hydrogen-bond acceptors (Lipinski definition) is 2. The highest BCUT2D eigenvalue weighted by molar-refractivity contribution is 5.73. The zero-order valence-electron chi connectivity index (χ0n) is 9.47. The Morgan fingerprint density at radius 3 is 2.31 bits per heavy atom. The van der Waals surface area contributed by atoms with Gasteiger partial charge in [0.25, 0.3) is 0 Å². The summed E-state index contributed by atoms with van der Waals surface area (Å²) >= 11 is 0. The molecule has 0 saturated heterocycles. The summed E-state index contributed by atoms with van der Waals surface area (Å²) in [5.41, 5.74) is 2.10. The van der Waals surface area contributed by atoms with Gasteiger partial charge in [-0.05, 0) is 23.5 Å². The maximum absolute atomic E-state index is 10.7. The summed E-state index contributed by atoms with van der Waals surface area (Å²) in [6.45, 7) is 4.20. The lowest BCUT2D eigenvalue weighted by molar-refractivity contribution is -0.139. The fourth-order valence-corrected chi connectivity index (χ4v) is 1.46. The normalized spacial score (nSPS) is 12.1. The maximum Gasteiger partial charge on any atom is 0.321 e. The minimum absolute atomic E-state index is 0.268. The van der Waals surface area contributed by atoms with Crippen LogP contribution in [-0.2, 0) is 11.2 Å². The highest BCUT2D eigenvalue weighted by atomic mass is 16.4. The smallest absolute Gasteiger partial charge is 0.321 e. The summed E-state index contributed by atoms with van der Waals surface area (Å²) < 4.78 is 0. The Balaban J connectivity index is 2.76. The quantitative estimate of drug-likeness (QED) is 0.843. The van der Waals surface area contributed by atoms with E-state index in [1.807, 2.05) is 24.3 Å². The van der Waals surface area contributed by atoms with E-state index >= 15 is 0 Å². The highest BCUT2D eigenvalue weighted by Gasteiger charge is 2.16. The topological polar surface area (TPSA) is 61.1 Å². The van der Waals surface area contributed by atoms with Gasteiger partial charge in [0.05, 0.1) is 6.07 Å². The van der Waals surface area contributed by atoms with E-state index in [2.05, 4.69) is 13.8 Å². The third kappa shape index (κ3) is 3.09. The second-order valence-electron chi connectivity index (χ2n) is 4.12. The van der Waals surface area contributed by atoms with Gasteiger partial charge in [-0.15, -0.1) is 0 Å². The number of carbonyl (C=O) groups is 1. The molecule has 3 heteroatoms. The van der Waals surface area contributed by atoms with Crippen molar-refractivity contribution in [2.75, 3.05) is 0 Å². The van der Waals surface area contributed by atoms with E-state index in [1.54, 1.807) is 6.07 Å². The van der Waals surface area contributed by atoms with Gasteiger partial charge in [-0.3, -0.25) is 4.79 Å². The number of nitrogens with zero attached hydrogens (tertiary/aromatic N) is 1. The van der Waals surface area contributed by atoms with E-state index in [-0.39, 0.29) is 6.42 Å². The molecule has 3 nitrogen and oxygen atoms in total. The Labute approximate surface area is 95.3 Å². The number of aliphatic carboxylic acids is 1. The molecule has 0 radical (unpaired) electrons. The summed E-state index contributed by atoms with van der Waals surface area (Å²) in [7, 11) is 0. The van der Waals surface area contributed by atoms with Gasteiger partial charge in [0.2, 0.25) is 0 Å². The molecule has 1 aromatic carbocycles. The van der Waals surface area contributed by atoms with Crippen molar-refractivity contribution < 1.29 is 9.90 Å². The van der Waals surface area contributed by atoms with Crippen molar-refractivity contribution in [3.63, 3.8) is 0 Å². The standard InChI is InChI=1S/C13H15NO2/c1-9(2)11-5-3-10(4-6-11)7-12(8-14)13(15)16/h3-6,9,12H,7H2,1-2H3,(H,15,16). The lowest BCUT2D eigenvalue weighted by Gasteiger charge is -2.07. The largest absolute Gasteiger partial charge is 0.480 e. The maximum atomic E-state index is 10.7. The Hall–Kier alpha value is -1.82. The molecule has 0 amide bonds. The molecule has 0 fully saturated rings. The van der Waals surface area contributed by atoms with Crippen LogP contribution in [0.15, 0.2) is 24.3 Å². The van der Waals surface area contributed by atoms with E-state index < -0.39 is 11.9 Å². The summed E-state index contributed by atoms with van der Waals surface area (Å²) in [6, 6.07) is 9.54. The van der Waals surface area contributed by atoms with Gasteiger partial charge in [0, 0.05) is 0 Å². The lowest BCUT2D eigenvalue weighted by Crippen LogP contribution is -2.14. The zero-order chi connectivity index (χ0) is 12.1. The van der Waals surface area contributed by atoms with Crippen LogP contribution in [0.3, 0.4) is 0 Å². The molecule has 0 bridgehead atoms. The Kier molecular flexibility index (Phi) is 4.07. The average Bonchev–Trinajstić information content (AvgIpc) is 2.26. The van der Waals surface area contributed by atoms with Crippen LogP contribution >= 0.6 is 0 Å². The molecule has 1 atom stereocenters. The first-order valence-corrected chi connectivity index (χ1v) is 5.26. The summed E-state index contributed by atoms with van der Waals surface area (Å²) in [4.78, 5) is 10.7. The van der Waals surface area contributed by atoms with Crippen molar-refractivity contribution in [3.05, 3.63) is 35.4 Å². The van der Waals surface area contributed by atoms with Crippen molar-refractivity contribution in [3.8, 4) is 6.07 Å². The SMILES string of the molecule is CC(C)c1ccc(CC(C#N)C(=O)O)cc1. The summed E-state index contributed by atoms with van der Waals surface area (Å²) in [6.07, 6.45) is 0.268. The Bertz CT molecular complexity index is 401. The van der Waals surface area contributed by atoms with Crippen LogP contribution in [0.25, 0.3) is 0 Å². The fourth-order valence-electron chi connectivity index (χ4n) is 1.46. The summed E-state index contributed by atoms with van der Waals surface area (Å²) in [5, 5.41) is 17.4. The lowest BCUT2D eigenvalue weighted by atomic mass is 9.97. The first-order chi connectivity index (χ1) is 7.54. The average molecular weight is 217 g/mol. The minimum Gasteiger partial charge on any atom is -0.480 e. The predicted molar refractivity (Wildman–Crippen MR) is 61.0 cm³/mol. The fraction of sp³-hybridized carbons (Fsp3) is 0.385. The van der Waals surface area contributed by atoms with Crippen LogP contribution in [0.4, 0.5) is 0 Å². The molecule has 0 spiro atoms. The molecule has 0 aliphatic rings. The molecule has 1 rings (SSSR count). The van der Waals surface area contributed by atoms with Crippen molar-refractivity contribution >= 4 is 5.97 Å². The monoisotopic (exact) mass is 217 g/mol. The number of carboxylic acid groups (broad SMARTS) is 1. The van der Waals surface area contributed by atoms with Gasteiger partial charge < -0.3 is 5.11 Å². The molecule has 0 heterocycles. The van der Waals surface area contributed by atoms with Crippen LogP contribution in [0, 0.1) is 17.2 Å². The molecule has 0 saturated carbocycles. The van der Waals surface area contributed by atoms with Gasteiger partial charge in [0.15, 0.2) is 0 Å². The van der Waals surface area contributed by atoms with Crippen LogP contribution in [-0.4, -0.2) is 11.1 Å². The molecule has 84 valence electrons. The molecule has 0 aliphatic heterocycles. The van der Waals surface area contributed by atoms with E-state index in [0.29, 0.717) is 5.92 Å². The number of rotatable bonds is 4. The molecular formula is C13H15NO2. The van der Waals surface area contributed by atoms with Crippen molar-refractivity contribution in [2.24, 2.45) is 5.92 Å². The third-order valence-electron chi connectivity index (χ3n) is 2.54. The number of benzene rings is 1. The number of hydrogen-bond donors (Lipinski definition) is 1. The van der Waals surface area contributed by atoms with Gasteiger partial charge in [-0.25, -0.2) is 0 Å². The second kappa shape index (κ2) is 5.32. The van der Waals surface area contributed by atoms with Crippen LogP contribution in [0.1, 0.15) is 30.9 Å². The number of carboxylic acids is 1. The molecule has 1 unspecified atom stereocenters. The molecule has 1 aromatic rings. The molecule has 1 N–H and O–H groups in total.